The number of aromatic carboxylic acids is 1. The van der Waals surface area contributed by atoms with Gasteiger partial charge in [-0.05, 0) is 32.0 Å². The number of benzene rings is 1. The van der Waals surface area contributed by atoms with Crippen LogP contribution in [0.1, 0.15) is 22.3 Å². The largest absolute Gasteiger partial charge is 0.492 e. The number of thiophene rings is 1. The summed E-state index contributed by atoms with van der Waals surface area (Å²) in [6.45, 7) is 5.22. The first kappa shape index (κ1) is 22.0. The van der Waals surface area contributed by atoms with Gasteiger partial charge in [0, 0.05) is 36.3 Å². The first-order valence-corrected chi connectivity index (χ1v) is 11.1. The van der Waals surface area contributed by atoms with E-state index in [1.54, 1.807) is 19.1 Å². The molecule has 1 aromatic carbocycles. The molecule has 0 saturated carbocycles. The third-order valence-electron chi connectivity index (χ3n) is 4.90. The van der Waals surface area contributed by atoms with E-state index in [1.807, 2.05) is 17.6 Å². The van der Waals surface area contributed by atoms with Gasteiger partial charge in [-0.1, -0.05) is 11.6 Å². The van der Waals surface area contributed by atoms with E-state index < -0.39 is 5.97 Å². The van der Waals surface area contributed by atoms with E-state index >= 15 is 0 Å². The van der Waals surface area contributed by atoms with Crippen LogP contribution >= 0.6 is 22.9 Å². The van der Waals surface area contributed by atoms with Crippen molar-refractivity contribution in [3.05, 3.63) is 58.1 Å². The lowest BCUT2D eigenvalue weighted by atomic mass is 10.2. The summed E-state index contributed by atoms with van der Waals surface area (Å²) >= 11 is 7.28. The molecule has 0 aliphatic carbocycles. The first-order valence-electron chi connectivity index (χ1n) is 9.88. The maximum atomic E-state index is 13.8. The van der Waals surface area contributed by atoms with Crippen LogP contribution in [0.2, 0.25) is 5.02 Å². The number of carboxylic acids is 1. The summed E-state index contributed by atoms with van der Waals surface area (Å²) in [5.74, 6) is -0.494. The van der Waals surface area contributed by atoms with Crippen LogP contribution < -0.4 is 10.1 Å². The fourth-order valence-electron chi connectivity index (χ4n) is 3.51. The minimum atomic E-state index is -1.04. The van der Waals surface area contributed by atoms with Crippen LogP contribution in [-0.2, 0) is 6.54 Å². The van der Waals surface area contributed by atoms with Gasteiger partial charge >= 0.3 is 5.97 Å². The minimum Gasteiger partial charge on any atom is -0.492 e. The van der Waals surface area contributed by atoms with Crippen LogP contribution in [0.15, 0.2) is 36.7 Å². The maximum absolute atomic E-state index is 13.8. The van der Waals surface area contributed by atoms with Gasteiger partial charge in [-0.25, -0.2) is 19.2 Å². The van der Waals surface area contributed by atoms with Gasteiger partial charge in [-0.15, -0.1) is 11.3 Å². The van der Waals surface area contributed by atoms with Gasteiger partial charge in [0.05, 0.1) is 27.7 Å². The molecule has 0 atom stereocenters. The number of carbonyl (C=O) groups is 1. The average Bonchev–Trinajstić information content (AvgIpc) is 3.31. The third kappa shape index (κ3) is 4.39. The molecule has 7 nitrogen and oxygen atoms in total. The Kier molecular flexibility index (Phi) is 6.29. The summed E-state index contributed by atoms with van der Waals surface area (Å²) < 4.78 is 21.3. The fraction of sp³-hybridized carbons (Fsp3) is 0.227. The van der Waals surface area contributed by atoms with E-state index in [-0.39, 0.29) is 10.7 Å². The van der Waals surface area contributed by atoms with Crippen LogP contribution in [0.25, 0.3) is 21.5 Å². The molecule has 4 aromatic rings. The van der Waals surface area contributed by atoms with Crippen molar-refractivity contribution in [2.75, 3.05) is 18.5 Å². The zero-order valence-corrected chi connectivity index (χ0v) is 18.9. The predicted molar refractivity (Wildman–Crippen MR) is 124 cm³/mol. The lowest BCUT2D eigenvalue weighted by Crippen LogP contribution is -2.12. The van der Waals surface area contributed by atoms with Crippen LogP contribution in [-0.4, -0.2) is 38.8 Å². The van der Waals surface area contributed by atoms with Crippen molar-refractivity contribution < 1.29 is 19.0 Å². The highest BCUT2D eigenvalue weighted by atomic mass is 35.5. The summed E-state index contributed by atoms with van der Waals surface area (Å²) in [6.07, 6.45) is 1.42. The maximum Gasteiger partial charge on any atom is 0.349 e. The number of hydrogen-bond acceptors (Lipinski definition) is 6. The molecule has 0 radical (unpaired) electrons. The summed E-state index contributed by atoms with van der Waals surface area (Å²) in [7, 11) is 0. The molecule has 0 fully saturated rings. The highest BCUT2D eigenvalue weighted by Crippen LogP contribution is 2.36. The highest BCUT2D eigenvalue weighted by Gasteiger charge is 2.18. The second kappa shape index (κ2) is 9.13. The lowest BCUT2D eigenvalue weighted by molar-refractivity contribution is 0.0698. The summed E-state index contributed by atoms with van der Waals surface area (Å²) in [5, 5.41) is 13.8. The lowest BCUT2D eigenvalue weighted by Gasteiger charge is -2.11. The number of fused-ring (bicyclic) bond motifs is 1. The van der Waals surface area contributed by atoms with Crippen LogP contribution in [0.5, 0.6) is 5.75 Å². The molecule has 4 rings (SSSR count). The number of aromatic nitrogens is 3. The number of halogens is 2. The Labute approximate surface area is 192 Å². The van der Waals surface area contributed by atoms with Crippen LogP contribution in [0, 0.1) is 12.7 Å². The third-order valence-corrected chi connectivity index (χ3v) is 6.33. The average molecular weight is 475 g/mol. The zero-order valence-electron chi connectivity index (χ0n) is 17.4. The minimum absolute atomic E-state index is 0.135. The summed E-state index contributed by atoms with van der Waals surface area (Å²) in [6, 6.07) is 8.16. The molecule has 32 heavy (non-hydrogen) atoms. The SMILES string of the molecule is CCOc1cc(-c2cc(NCCn3c(C)cc4c(Cl)cc(F)cc43)ncn2)sc1C(=O)O. The smallest absolute Gasteiger partial charge is 0.349 e. The number of ether oxygens (including phenoxy) is 1. The summed E-state index contributed by atoms with van der Waals surface area (Å²) in [4.78, 5) is 20.8. The molecule has 0 amide bonds. The van der Waals surface area contributed by atoms with Crippen LogP contribution in [0.4, 0.5) is 10.2 Å². The van der Waals surface area contributed by atoms with Crippen molar-refractivity contribution in [3.8, 4) is 16.3 Å². The molecule has 0 unspecified atom stereocenters. The van der Waals surface area contributed by atoms with Crippen molar-refractivity contribution in [1.29, 1.82) is 0 Å². The van der Waals surface area contributed by atoms with E-state index in [9.17, 15) is 14.3 Å². The molecular weight excluding hydrogens is 455 g/mol. The number of carboxylic acid groups (broad SMARTS) is 1. The van der Waals surface area contributed by atoms with E-state index in [4.69, 9.17) is 16.3 Å². The normalized spacial score (nSPS) is 11.1. The molecule has 0 spiro atoms. The topological polar surface area (TPSA) is 89.3 Å². The molecule has 0 bridgehead atoms. The van der Waals surface area contributed by atoms with E-state index in [0.29, 0.717) is 46.9 Å². The molecule has 0 saturated heterocycles. The highest BCUT2D eigenvalue weighted by molar-refractivity contribution is 7.17. The number of nitrogens with zero attached hydrogens (tertiary/aromatic N) is 3. The van der Waals surface area contributed by atoms with Crippen molar-refractivity contribution in [3.63, 3.8) is 0 Å². The Morgan fingerprint density at radius 1 is 1.28 bits per heavy atom. The van der Waals surface area contributed by atoms with Crippen molar-refractivity contribution in [2.24, 2.45) is 0 Å². The van der Waals surface area contributed by atoms with E-state index in [1.165, 1.54) is 18.5 Å². The number of anilines is 1. The predicted octanol–water partition coefficient (Wildman–Crippen LogP) is 5.47. The molecule has 166 valence electrons. The number of nitrogens with one attached hydrogen (secondary N) is 1. The Balaban J connectivity index is 1.51. The van der Waals surface area contributed by atoms with Gasteiger partial charge in [0.15, 0.2) is 4.88 Å². The monoisotopic (exact) mass is 474 g/mol. The molecule has 3 aromatic heterocycles. The number of aryl methyl sites for hydroxylation is 1. The second-order valence-corrected chi connectivity index (χ2v) is 8.47. The Bertz CT molecular complexity index is 1300. The molecule has 0 aliphatic rings. The van der Waals surface area contributed by atoms with Crippen LogP contribution in [0.3, 0.4) is 0 Å². The second-order valence-electron chi connectivity index (χ2n) is 7.02. The number of hydrogen-bond donors (Lipinski definition) is 2. The summed E-state index contributed by atoms with van der Waals surface area (Å²) in [5.41, 5.74) is 2.30. The zero-order chi connectivity index (χ0) is 22.8. The van der Waals surface area contributed by atoms with E-state index in [2.05, 4.69) is 15.3 Å². The first-order chi connectivity index (χ1) is 15.4. The fourth-order valence-corrected chi connectivity index (χ4v) is 4.67. The van der Waals surface area contributed by atoms with Gasteiger partial charge in [0.25, 0.3) is 0 Å². The Morgan fingerprint density at radius 3 is 2.84 bits per heavy atom. The number of rotatable bonds is 8. The van der Waals surface area contributed by atoms with Gasteiger partial charge in [0.2, 0.25) is 0 Å². The quantitative estimate of drug-likeness (QED) is 0.352. The Morgan fingerprint density at radius 2 is 2.09 bits per heavy atom. The standard InChI is InChI=1S/C22H20ClFN4O3S/c1-3-31-18-10-19(32-21(18)22(29)30)16-9-20(27-11-26-16)25-4-5-28-12(2)6-14-15(23)7-13(24)8-17(14)28/h6-11H,3-5H2,1-2H3,(H,29,30)(H,25,26,27). The van der Waals surface area contributed by atoms with E-state index in [0.717, 1.165) is 27.9 Å². The molecule has 3 heterocycles. The van der Waals surface area contributed by atoms with Gasteiger partial charge in [-0.2, -0.15) is 0 Å². The van der Waals surface area contributed by atoms with Crippen molar-refractivity contribution >= 4 is 45.6 Å². The Hall–Kier alpha value is -3.17. The van der Waals surface area contributed by atoms with Gasteiger partial charge < -0.3 is 19.7 Å². The van der Waals surface area contributed by atoms with Gasteiger partial charge in [-0.3, -0.25) is 0 Å². The van der Waals surface area contributed by atoms with Gasteiger partial charge in [0.1, 0.15) is 23.7 Å². The van der Waals surface area contributed by atoms with Crippen molar-refractivity contribution in [1.82, 2.24) is 14.5 Å². The molecule has 10 heteroatoms. The van der Waals surface area contributed by atoms with Crippen molar-refractivity contribution in [2.45, 2.75) is 20.4 Å². The molecular formula is C22H20ClFN4O3S. The molecule has 0 aliphatic heterocycles. The molecule has 2 N–H and O–H groups in total.